The van der Waals surface area contributed by atoms with E-state index in [1.54, 1.807) is 14.2 Å². The van der Waals surface area contributed by atoms with Crippen molar-refractivity contribution in [2.45, 2.75) is 19.3 Å². The predicted molar refractivity (Wildman–Crippen MR) is 107 cm³/mol. The number of para-hydroxylation sites is 1. The number of halogens is 1. The van der Waals surface area contributed by atoms with E-state index in [0.29, 0.717) is 6.54 Å². The van der Waals surface area contributed by atoms with Gasteiger partial charge in [0.05, 0.1) is 19.7 Å². The van der Waals surface area contributed by atoms with Crippen LogP contribution in [-0.4, -0.2) is 25.7 Å². The molecule has 0 aliphatic rings. The van der Waals surface area contributed by atoms with E-state index in [9.17, 15) is 0 Å². The molecule has 0 radical (unpaired) electrons. The zero-order valence-electron chi connectivity index (χ0n) is 14.6. The number of ether oxygens (including phenoxy) is 2. The summed E-state index contributed by atoms with van der Waals surface area (Å²) < 4.78 is 11.9. The molecular weight excluding hydrogens is 380 g/mol. The van der Waals surface area contributed by atoms with Crippen molar-refractivity contribution in [1.82, 2.24) is 4.98 Å². The van der Waals surface area contributed by atoms with Gasteiger partial charge in [0.1, 0.15) is 11.5 Å². The van der Waals surface area contributed by atoms with Crippen LogP contribution in [0.1, 0.15) is 18.4 Å². The first-order valence-electron chi connectivity index (χ1n) is 8.40. The van der Waals surface area contributed by atoms with Gasteiger partial charge in [0.25, 0.3) is 0 Å². The van der Waals surface area contributed by atoms with E-state index in [4.69, 9.17) is 15.2 Å². The molecule has 5 heteroatoms. The minimum atomic E-state index is 0.717. The summed E-state index contributed by atoms with van der Waals surface area (Å²) in [7, 11) is 3.34. The number of nitrogens with two attached hydrogens (primary N) is 1. The number of aryl methyl sites for hydroxylation is 1. The topological polar surface area (TPSA) is 60.3 Å². The summed E-state index contributed by atoms with van der Waals surface area (Å²) >= 11 is 3.65. The molecule has 2 aromatic carbocycles. The van der Waals surface area contributed by atoms with Crippen LogP contribution in [0.25, 0.3) is 22.2 Å². The molecule has 1 heterocycles. The Bertz CT molecular complexity index is 851. The molecule has 1 aromatic heterocycles. The Balaban J connectivity index is 2.17. The van der Waals surface area contributed by atoms with Crippen LogP contribution in [0.4, 0.5) is 0 Å². The number of unbranched alkanes of at least 4 members (excludes halogenated alkanes) is 1. The number of hydrogen-bond donors (Lipinski definition) is 2. The second-order valence-corrected chi connectivity index (χ2v) is 6.84. The summed E-state index contributed by atoms with van der Waals surface area (Å²) in [5.41, 5.74) is 10.3. The third-order valence-corrected chi connectivity index (χ3v) is 5.07. The molecule has 132 valence electrons. The lowest BCUT2D eigenvalue weighted by Crippen LogP contribution is -1.99. The van der Waals surface area contributed by atoms with Gasteiger partial charge in [0.15, 0.2) is 0 Å². The van der Waals surface area contributed by atoms with Gasteiger partial charge >= 0.3 is 0 Å². The van der Waals surface area contributed by atoms with E-state index in [2.05, 4.69) is 39.1 Å². The maximum absolute atomic E-state index is 5.68. The highest BCUT2D eigenvalue weighted by molar-refractivity contribution is 9.10. The fraction of sp³-hybridized carbons (Fsp3) is 0.300. The number of nitrogens with one attached hydrogen (secondary N) is 1. The molecule has 3 rings (SSSR count). The SMILES string of the molecule is COc1cc(OC)cc(-c2[nH]c3c(Br)cccc3c2CCCCN)c1. The van der Waals surface area contributed by atoms with Crippen molar-refractivity contribution in [3.63, 3.8) is 0 Å². The lowest BCUT2D eigenvalue weighted by molar-refractivity contribution is 0.394. The largest absolute Gasteiger partial charge is 0.497 e. The van der Waals surface area contributed by atoms with Crippen molar-refractivity contribution >= 4 is 26.8 Å². The Morgan fingerprint density at radius 1 is 1.04 bits per heavy atom. The molecule has 0 fully saturated rings. The van der Waals surface area contributed by atoms with Crippen LogP contribution in [-0.2, 0) is 6.42 Å². The van der Waals surface area contributed by atoms with Gasteiger partial charge in [0, 0.05) is 27.2 Å². The van der Waals surface area contributed by atoms with Crippen LogP contribution in [0.5, 0.6) is 11.5 Å². The minimum absolute atomic E-state index is 0.717. The van der Waals surface area contributed by atoms with Crippen molar-refractivity contribution < 1.29 is 9.47 Å². The second kappa shape index (κ2) is 7.93. The Hall–Kier alpha value is -1.98. The molecule has 3 aromatic rings. The Morgan fingerprint density at radius 3 is 2.40 bits per heavy atom. The molecule has 25 heavy (non-hydrogen) atoms. The maximum Gasteiger partial charge on any atom is 0.123 e. The first-order valence-corrected chi connectivity index (χ1v) is 9.19. The molecular formula is C20H23BrN2O2. The van der Waals surface area contributed by atoms with Gasteiger partial charge in [-0.1, -0.05) is 12.1 Å². The van der Waals surface area contributed by atoms with Crippen molar-refractivity contribution in [3.8, 4) is 22.8 Å². The van der Waals surface area contributed by atoms with E-state index >= 15 is 0 Å². The number of hydrogen-bond acceptors (Lipinski definition) is 3. The minimum Gasteiger partial charge on any atom is -0.497 e. The summed E-state index contributed by atoms with van der Waals surface area (Å²) in [6, 6.07) is 12.2. The standard InChI is InChI=1S/C20H23BrN2O2/c1-24-14-10-13(11-15(12-14)25-2)19-16(6-3-4-9-22)17-7-5-8-18(21)20(17)23-19/h5,7-8,10-12,23H,3-4,6,9,22H2,1-2H3. The highest BCUT2D eigenvalue weighted by Crippen LogP contribution is 2.37. The van der Waals surface area contributed by atoms with Crippen LogP contribution < -0.4 is 15.2 Å². The number of aromatic nitrogens is 1. The summed E-state index contributed by atoms with van der Waals surface area (Å²) in [6.45, 7) is 0.717. The normalized spacial score (nSPS) is 11.0. The van der Waals surface area contributed by atoms with Crippen LogP contribution >= 0.6 is 15.9 Å². The molecule has 0 aliphatic heterocycles. The van der Waals surface area contributed by atoms with Gasteiger partial charge in [-0.25, -0.2) is 0 Å². The van der Waals surface area contributed by atoms with Crippen molar-refractivity contribution in [3.05, 3.63) is 46.4 Å². The van der Waals surface area contributed by atoms with Gasteiger partial charge in [-0.2, -0.15) is 0 Å². The fourth-order valence-corrected chi connectivity index (χ4v) is 3.61. The van der Waals surface area contributed by atoms with Crippen LogP contribution in [0, 0.1) is 0 Å². The number of fused-ring (bicyclic) bond motifs is 1. The van der Waals surface area contributed by atoms with E-state index < -0.39 is 0 Å². The number of H-pyrrole nitrogens is 1. The summed E-state index contributed by atoms with van der Waals surface area (Å²) in [4.78, 5) is 3.59. The average Bonchev–Trinajstić information content (AvgIpc) is 3.01. The lowest BCUT2D eigenvalue weighted by atomic mass is 10.00. The summed E-state index contributed by atoms with van der Waals surface area (Å²) in [5, 5.41) is 1.24. The van der Waals surface area contributed by atoms with Crippen molar-refractivity contribution in [1.29, 1.82) is 0 Å². The number of rotatable bonds is 7. The Morgan fingerprint density at radius 2 is 1.76 bits per heavy atom. The molecule has 3 N–H and O–H groups in total. The summed E-state index contributed by atoms with van der Waals surface area (Å²) in [5.74, 6) is 1.56. The third-order valence-electron chi connectivity index (χ3n) is 4.41. The zero-order valence-corrected chi connectivity index (χ0v) is 16.2. The third kappa shape index (κ3) is 3.67. The first-order chi connectivity index (χ1) is 12.2. The maximum atomic E-state index is 5.68. The Kier molecular flexibility index (Phi) is 5.66. The van der Waals surface area contributed by atoms with E-state index in [0.717, 1.165) is 52.0 Å². The molecule has 0 unspecified atom stereocenters. The van der Waals surface area contributed by atoms with E-state index in [1.807, 2.05) is 18.2 Å². The monoisotopic (exact) mass is 402 g/mol. The van der Waals surface area contributed by atoms with Gasteiger partial charge in [0.2, 0.25) is 0 Å². The van der Waals surface area contributed by atoms with Gasteiger partial charge in [-0.15, -0.1) is 0 Å². The molecule has 0 aliphatic carbocycles. The molecule has 0 saturated carbocycles. The summed E-state index contributed by atoms with van der Waals surface area (Å²) in [6.07, 6.45) is 3.05. The molecule has 0 spiro atoms. The van der Waals surface area contributed by atoms with Gasteiger partial charge in [-0.3, -0.25) is 0 Å². The molecule has 4 nitrogen and oxygen atoms in total. The van der Waals surface area contributed by atoms with E-state index in [1.165, 1.54) is 10.9 Å². The quantitative estimate of drug-likeness (QED) is 0.552. The van der Waals surface area contributed by atoms with Crippen LogP contribution in [0.3, 0.4) is 0 Å². The highest BCUT2D eigenvalue weighted by atomic mass is 79.9. The molecule has 0 saturated heterocycles. The number of benzene rings is 2. The van der Waals surface area contributed by atoms with E-state index in [-0.39, 0.29) is 0 Å². The Labute approximate surface area is 156 Å². The lowest BCUT2D eigenvalue weighted by Gasteiger charge is -2.10. The predicted octanol–water partition coefficient (Wildman–Crippen LogP) is 4.90. The second-order valence-electron chi connectivity index (χ2n) is 5.99. The molecule has 0 bridgehead atoms. The average molecular weight is 403 g/mol. The molecule has 0 amide bonds. The van der Waals surface area contributed by atoms with Crippen molar-refractivity contribution in [2.75, 3.05) is 20.8 Å². The van der Waals surface area contributed by atoms with Crippen molar-refractivity contribution in [2.24, 2.45) is 5.73 Å². The van der Waals surface area contributed by atoms with Gasteiger partial charge in [-0.05, 0) is 65.5 Å². The first kappa shape index (κ1) is 17.8. The highest BCUT2D eigenvalue weighted by Gasteiger charge is 2.16. The fourth-order valence-electron chi connectivity index (χ4n) is 3.14. The number of aromatic amines is 1. The zero-order chi connectivity index (χ0) is 17.8. The van der Waals surface area contributed by atoms with Crippen LogP contribution in [0.2, 0.25) is 0 Å². The molecule has 0 atom stereocenters. The smallest absolute Gasteiger partial charge is 0.123 e. The van der Waals surface area contributed by atoms with Gasteiger partial charge < -0.3 is 20.2 Å². The number of methoxy groups -OCH3 is 2. The van der Waals surface area contributed by atoms with Crippen LogP contribution in [0.15, 0.2) is 40.9 Å².